The number of nitrogens with zero attached hydrogens (tertiary/aromatic N) is 2. The lowest BCUT2D eigenvalue weighted by atomic mass is 10.2. The summed E-state index contributed by atoms with van der Waals surface area (Å²) in [7, 11) is 0. The Morgan fingerprint density at radius 3 is 2.75 bits per heavy atom. The van der Waals surface area contributed by atoms with E-state index in [0.29, 0.717) is 25.7 Å². The van der Waals surface area contributed by atoms with Crippen LogP contribution in [0.4, 0.5) is 13.2 Å². The fraction of sp³-hybridized carbons (Fsp3) is 0.632. The molecule has 9 heteroatoms. The van der Waals surface area contributed by atoms with Gasteiger partial charge >= 0.3 is 6.18 Å². The number of hydrogen-bond acceptors (Lipinski definition) is 4. The van der Waals surface area contributed by atoms with Gasteiger partial charge in [-0.3, -0.25) is 4.90 Å². The fourth-order valence-electron chi connectivity index (χ4n) is 2.69. The molecule has 0 aliphatic carbocycles. The minimum atomic E-state index is -4.18. The molecule has 1 heterocycles. The van der Waals surface area contributed by atoms with E-state index in [1.165, 1.54) is 0 Å². The third kappa shape index (κ3) is 9.27. The van der Waals surface area contributed by atoms with E-state index in [1.807, 2.05) is 31.2 Å². The zero-order chi connectivity index (χ0) is 20.2. The number of rotatable bonds is 9. The van der Waals surface area contributed by atoms with Gasteiger partial charge in [-0.1, -0.05) is 12.1 Å². The predicted molar refractivity (Wildman–Crippen MR) is 103 cm³/mol. The normalized spacial score (nSPS) is 16.1. The number of morpholine rings is 1. The third-order valence-electron chi connectivity index (χ3n) is 4.14. The van der Waals surface area contributed by atoms with Crippen LogP contribution in [0.25, 0.3) is 0 Å². The summed E-state index contributed by atoms with van der Waals surface area (Å²) in [5.74, 6) is 1.13. The number of nitrogens with one attached hydrogen (secondary N) is 2. The average Bonchev–Trinajstić information content (AvgIpc) is 2.66. The molecule has 0 spiro atoms. The van der Waals surface area contributed by atoms with Gasteiger partial charge in [0.05, 0.1) is 26.2 Å². The molecule has 1 fully saturated rings. The highest BCUT2D eigenvalue weighted by molar-refractivity contribution is 5.79. The van der Waals surface area contributed by atoms with Crippen molar-refractivity contribution in [2.24, 2.45) is 4.99 Å². The van der Waals surface area contributed by atoms with Crippen LogP contribution in [-0.2, 0) is 11.3 Å². The number of halogens is 3. The van der Waals surface area contributed by atoms with E-state index in [2.05, 4.69) is 20.5 Å². The van der Waals surface area contributed by atoms with Gasteiger partial charge in [-0.25, -0.2) is 4.99 Å². The molecule has 1 saturated heterocycles. The molecule has 158 valence electrons. The Bertz CT molecular complexity index is 605. The summed E-state index contributed by atoms with van der Waals surface area (Å²) in [6, 6.07) is 7.60. The molecule has 1 aliphatic heterocycles. The summed E-state index contributed by atoms with van der Waals surface area (Å²) in [6.45, 7) is 7.39. The van der Waals surface area contributed by atoms with Crippen molar-refractivity contribution in [1.29, 1.82) is 0 Å². The molecule has 1 aromatic rings. The van der Waals surface area contributed by atoms with Crippen molar-refractivity contribution in [3.05, 3.63) is 29.8 Å². The molecular weight excluding hydrogens is 373 g/mol. The lowest BCUT2D eigenvalue weighted by Gasteiger charge is -2.26. The first-order valence-corrected chi connectivity index (χ1v) is 9.57. The maximum absolute atomic E-state index is 12.3. The van der Waals surface area contributed by atoms with Crippen LogP contribution in [0.3, 0.4) is 0 Å². The summed E-state index contributed by atoms with van der Waals surface area (Å²) >= 11 is 0. The molecule has 0 unspecified atom stereocenters. The van der Waals surface area contributed by atoms with Gasteiger partial charge in [0.1, 0.15) is 12.4 Å². The van der Waals surface area contributed by atoms with E-state index in [-0.39, 0.29) is 6.54 Å². The Morgan fingerprint density at radius 1 is 1.25 bits per heavy atom. The van der Waals surface area contributed by atoms with E-state index in [4.69, 9.17) is 9.47 Å². The molecule has 0 amide bonds. The van der Waals surface area contributed by atoms with Crippen molar-refractivity contribution in [1.82, 2.24) is 15.5 Å². The van der Waals surface area contributed by atoms with E-state index in [1.54, 1.807) is 0 Å². The zero-order valence-electron chi connectivity index (χ0n) is 16.2. The Morgan fingerprint density at radius 2 is 2.04 bits per heavy atom. The summed E-state index contributed by atoms with van der Waals surface area (Å²) in [5, 5.41) is 5.65. The maximum atomic E-state index is 12.3. The minimum Gasteiger partial charge on any atom is -0.492 e. The molecule has 0 bridgehead atoms. The SMILES string of the molecule is CCNC(=NCc1cccc(OCCN2CCOCC2)c1)NCCC(F)(F)F. The number of guanidine groups is 1. The lowest BCUT2D eigenvalue weighted by molar-refractivity contribution is -0.132. The number of aliphatic imine (C=N–C) groups is 1. The van der Waals surface area contributed by atoms with Crippen LogP contribution in [0.2, 0.25) is 0 Å². The van der Waals surface area contributed by atoms with Crippen LogP contribution < -0.4 is 15.4 Å². The quantitative estimate of drug-likeness (QED) is 0.491. The first kappa shape index (κ1) is 22.3. The molecule has 0 radical (unpaired) electrons. The van der Waals surface area contributed by atoms with Gasteiger partial charge in [-0.05, 0) is 24.6 Å². The van der Waals surface area contributed by atoms with Crippen LogP contribution in [0.5, 0.6) is 5.75 Å². The van der Waals surface area contributed by atoms with Gasteiger partial charge in [-0.2, -0.15) is 13.2 Å². The summed E-state index contributed by atoms with van der Waals surface area (Å²) in [4.78, 5) is 6.65. The van der Waals surface area contributed by atoms with E-state index in [9.17, 15) is 13.2 Å². The fourth-order valence-corrected chi connectivity index (χ4v) is 2.69. The van der Waals surface area contributed by atoms with Crippen molar-refractivity contribution in [3.8, 4) is 5.75 Å². The highest BCUT2D eigenvalue weighted by atomic mass is 19.4. The molecular formula is C19H29F3N4O2. The van der Waals surface area contributed by atoms with Gasteiger partial charge in [-0.15, -0.1) is 0 Å². The highest BCUT2D eigenvalue weighted by Crippen LogP contribution is 2.18. The van der Waals surface area contributed by atoms with Gasteiger partial charge in [0, 0.05) is 32.7 Å². The number of alkyl halides is 3. The molecule has 0 atom stereocenters. The predicted octanol–water partition coefficient (Wildman–Crippen LogP) is 2.41. The molecule has 2 N–H and O–H groups in total. The summed E-state index contributed by atoms with van der Waals surface area (Å²) in [6.07, 6.45) is -5.08. The van der Waals surface area contributed by atoms with E-state index >= 15 is 0 Å². The van der Waals surface area contributed by atoms with Crippen molar-refractivity contribution >= 4 is 5.96 Å². The summed E-state index contributed by atoms with van der Waals surface area (Å²) in [5.41, 5.74) is 0.928. The molecule has 28 heavy (non-hydrogen) atoms. The van der Waals surface area contributed by atoms with Crippen molar-refractivity contribution in [2.45, 2.75) is 26.1 Å². The Hall–Kier alpha value is -2.00. The number of hydrogen-bond donors (Lipinski definition) is 2. The van der Waals surface area contributed by atoms with Gasteiger partial charge in [0.15, 0.2) is 5.96 Å². The van der Waals surface area contributed by atoms with Crippen molar-refractivity contribution in [2.75, 3.05) is 52.5 Å². The monoisotopic (exact) mass is 402 g/mol. The summed E-state index contributed by atoms with van der Waals surface area (Å²) < 4.78 is 48.0. The molecule has 1 aliphatic rings. The van der Waals surface area contributed by atoms with Gasteiger partial charge in [0.2, 0.25) is 0 Å². The minimum absolute atomic E-state index is 0.208. The highest BCUT2D eigenvalue weighted by Gasteiger charge is 2.26. The molecule has 0 aromatic heterocycles. The molecule has 0 saturated carbocycles. The standard InChI is InChI=1S/C19H29F3N4O2/c1-2-23-18(24-7-6-19(20,21)22)25-15-16-4-3-5-17(14-16)28-13-10-26-8-11-27-12-9-26/h3-5,14H,2,6-13,15H2,1H3,(H2,23,24,25). The average molecular weight is 402 g/mol. The Labute approximate surface area is 164 Å². The largest absolute Gasteiger partial charge is 0.492 e. The Kier molecular flexibility index (Phi) is 9.36. The Balaban J connectivity index is 1.80. The van der Waals surface area contributed by atoms with Gasteiger partial charge < -0.3 is 20.1 Å². The van der Waals surface area contributed by atoms with Crippen molar-refractivity contribution < 1.29 is 22.6 Å². The van der Waals surface area contributed by atoms with Crippen LogP contribution in [0.15, 0.2) is 29.3 Å². The van der Waals surface area contributed by atoms with Crippen LogP contribution in [0, 0.1) is 0 Å². The smallest absolute Gasteiger partial charge is 0.390 e. The third-order valence-corrected chi connectivity index (χ3v) is 4.14. The molecule has 6 nitrogen and oxygen atoms in total. The first-order valence-electron chi connectivity index (χ1n) is 9.57. The second kappa shape index (κ2) is 11.8. The lowest BCUT2D eigenvalue weighted by Crippen LogP contribution is -2.38. The van der Waals surface area contributed by atoms with E-state index < -0.39 is 12.6 Å². The van der Waals surface area contributed by atoms with E-state index in [0.717, 1.165) is 44.2 Å². The van der Waals surface area contributed by atoms with Crippen LogP contribution in [-0.4, -0.2) is 69.6 Å². The second-order valence-corrected chi connectivity index (χ2v) is 6.44. The van der Waals surface area contributed by atoms with Crippen LogP contribution >= 0.6 is 0 Å². The second-order valence-electron chi connectivity index (χ2n) is 6.44. The van der Waals surface area contributed by atoms with Crippen molar-refractivity contribution in [3.63, 3.8) is 0 Å². The topological polar surface area (TPSA) is 58.1 Å². The first-order chi connectivity index (χ1) is 13.5. The van der Waals surface area contributed by atoms with Gasteiger partial charge in [0.25, 0.3) is 0 Å². The maximum Gasteiger partial charge on any atom is 0.390 e. The van der Waals surface area contributed by atoms with Crippen LogP contribution in [0.1, 0.15) is 18.9 Å². The molecule has 2 rings (SSSR count). The number of benzene rings is 1. The zero-order valence-corrected chi connectivity index (χ0v) is 16.2. The molecule has 1 aromatic carbocycles. The number of ether oxygens (including phenoxy) is 2.